The maximum Gasteiger partial charge on any atom is 0.151 e. The van der Waals surface area contributed by atoms with Gasteiger partial charge in [0.15, 0.2) is 5.82 Å². The van der Waals surface area contributed by atoms with E-state index in [2.05, 4.69) is 51.8 Å². The van der Waals surface area contributed by atoms with Crippen LogP contribution in [0.3, 0.4) is 0 Å². The van der Waals surface area contributed by atoms with Crippen molar-refractivity contribution in [2.75, 3.05) is 11.5 Å². The Morgan fingerprint density at radius 1 is 1.08 bits per heavy atom. The Hall–Kier alpha value is -2.01. The van der Waals surface area contributed by atoms with Crippen molar-refractivity contribution in [2.45, 2.75) is 44.6 Å². The van der Waals surface area contributed by atoms with Crippen LogP contribution in [0, 0.1) is 13.8 Å². The molecule has 0 atom stereocenters. The third-order valence-electron chi connectivity index (χ3n) is 4.32. The van der Waals surface area contributed by atoms with Gasteiger partial charge in [0.25, 0.3) is 0 Å². The average molecular weight is 340 g/mol. The molecule has 0 radical (unpaired) electrons. The Balaban J connectivity index is 1.51. The van der Waals surface area contributed by atoms with Crippen LogP contribution in [0.25, 0.3) is 11.0 Å². The van der Waals surface area contributed by atoms with Crippen LogP contribution in [0.2, 0.25) is 0 Å². The summed E-state index contributed by atoms with van der Waals surface area (Å²) in [6.07, 6.45) is 5.50. The highest BCUT2D eigenvalue weighted by Crippen LogP contribution is 2.24. The second kappa shape index (κ2) is 7.71. The molecular formula is C19H24N4S. The van der Waals surface area contributed by atoms with Crippen molar-refractivity contribution < 1.29 is 0 Å². The third-order valence-corrected chi connectivity index (χ3v) is 5.42. The largest absolute Gasteiger partial charge is 0.382 e. The lowest BCUT2D eigenvalue weighted by molar-refractivity contribution is 0.614. The molecule has 0 spiro atoms. The summed E-state index contributed by atoms with van der Waals surface area (Å²) in [5.74, 6) is 1.70. The Kier molecular flexibility index (Phi) is 5.41. The number of hydrogen-bond acceptors (Lipinski definition) is 4. The maximum atomic E-state index is 6.00. The minimum Gasteiger partial charge on any atom is -0.382 e. The van der Waals surface area contributed by atoms with Crippen molar-refractivity contribution in [1.82, 2.24) is 14.5 Å². The predicted molar refractivity (Wildman–Crippen MR) is 102 cm³/mol. The van der Waals surface area contributed by atoms with E-state index in [-0.39, 0.29) is 0 Å². The number of hydrogen-bond donors (Lipinski definition) is 1. The molecule has 3 aromatic rings. The fourth-order valence-electron chi connectivity index (χ4n) is 2.89. The van der Waals surface area contributed by atoms with Crippen LogP contribution in [0.4, 0.5) is 5.82 Å². The van der Waals surface area contributed by atoms with Gasteiger partial charge in [-0.1, -0.05) is 24.6 Å². The number of rotatable bonds is 7. The van der Waals surface area contributed by atoms with Gasteiger partial charge < -0.3 is 10.3 Å². The number of nitrogens with zero attached hydrogens (tertiary/aromatic N) is 3. The number of fused-ring (bicyclic) bond motifs is 1. The number of nitrogen functional groups attached to an aromatic ring is 1. The minimum absolute atomic E-state index is 0.533. The number of benzene rings is 1. The number of anilines is 1. The molecule has 0 fully saturated rings. The standard InChI is InChI=1S/C19H24N4S/c1-14-15(2)22-19(20)17-18(14)23(13-21-17)11-7-4-8-12-24-16-9-5-3-6-10-16/h3,5-6,9-10,13H,4,7-8,11-12H2,1-2H3,(H2,20,22). The first-order valence-corrected chi connectivity index (χ1v) is 9.40. The van der Waals surface area contributed by atoms with Crippen LogP contribution in [0.1, 0.15) is 30.5 Å². The van der Waals surface area contributed by atoms with E-state index < -0.39 is 0 Å². The quantitative estimate of drug-likeness (QED) is 0.505. The topological polar surface area (TPSA) is 56.7 Å². The molecule has 0 aliphatic rings. The molecule has 126 valence electrons. The van der Waals surface area contributed by atoms with E-state index >= 15 is 0 Å². The molecule has 0 saturated heterocycles. The summed E-state index contributed by atoms with van der Waals surface area (Å²) in [4.78, 5) is 10.2. The molecule has 1 aromatic carbocycles. The average Bonchev–Trinajstić information content (AvgIpc) is 3.01. The van der Waals surface area contributed by atoms with Crippen LogP contribution < -0.4 is 5.73 Å². The van der Waals surface area contributed by atoms with Crippen molar-refractivity contribution >= 4 is 28.6 Å². The predicted octanol–water partition coefficient (Wildman–Crippen LogP) is 4.59. The molecule has 0 saturated carbocycles. The Morgan fingerprint density at radius 2 is 1.88 bits per heavy atom. The molecule has 0 unspecified atom stereocenters. The zero-order valence-corrected chi connectivity index (χ0v) is 15.1. The number of thioether (sulfide) groups is 1. The summed E-state index contributed by atoms with van der Waals surface area (Å²) in [5, 5.41) is 0. The van der Waals surface area contributed by atoms with Gasteiger partial charge in [0, 0.05) is 17.1 Å². The summed E-state index contributed by atoms with van der Waals surface area (Å²) >= 11 is 1.93. The van der Waals surface area contributed by atoms with Crippen LogP contribution in [0.5, 0.6) is 0 Å². The minimum atomic E-state index is 0.533. The van der Waals surface area contributed by atoms with Crippen molar-refractivity contribution in [2.24, 2.45) is 0 Å². The molecule has 2 heterocycles. The normalized spacial score (nSPS) is 11.2. The van der Waals surface area contributed by atoms with Gasteiger partial charge in [-0.15, -0.1) is 11.8 Å². The lowest BCUT2D eigenvalue weighted by atomic mass is 10.2. The SMILES string of the molecule is Cc1nc(N)c2ncn(CCCCCSc3ccccc3)c2c1C. The van der Waals surface area contributed by atoms with E-state index in [0.29, 0.717) is 5.82 Å². The maximum absolute atomic E-state index is 6.00. The zero-order chi connectivity index (χ0) is 16.9. The lowest BCUT2D eigenvalue weighted by Crippen LogP contribution is -2.02. The first kappa shape index (κ1) is 16.8. The van der Waals surface area contributed by atoms with Crippen molar-refractivity contribution in [1.29, 1.82) is 0 Å². The summed E-state index contributed by atoms with van der Waals surface area (Å²) in [6.45, 7) is 5.08. The molecule has 0 aliphatic heterocycles. The highest BCUT2D eigenvalue weighted by Gasteiger charge is 2.12. The number of unbranched alkanes of at least 4 members (excludes halogenated alkanes) is 2. The highest BCUT2D eigenvalue weighted by molar-refractivity contribution is 7.99. The Morgan fingerprint density at radius 3 is 2.67 bits per heavy atom. The monoisotopic (exact) mass is 340 g/mol. The Labute approximate surface area is 147 Å². The van der Waals surface area contributed by atoms with E-state index in [1.807, 2.05) is 25.0 Å². The van der Waals surface area contributed by atoms with E-state index in [4.69, 9.17) is 5.73 Å². The summed E-state index contributed by atoms with van der Waals surface area (Å²) in [6, 6.07) is 10.6. The van der Waals surface area contributed by atoms with Gasteiger partial charge in [0.2, 0.25) is 0 Å². The second-order valence-corrected chi connectivity index (χ2v) is 7.23. The smallest absolute Gasteiger partial charge is 0.151 e. The van der Waals surface area contributed by atoms with E-state index in [1.165, 1.54) is 29.1 Å². The van der Waals surface area contributed by atoms with Crippen LogP contribution in [-0.4, -0.2) is 20.3 Å². The molecule has 0 aliphatic carbocycles. The summed E-state index contributed by atoms with van der Waals surface area (Å²) in [7, 11) is 0. The fourth-order valence-corrected chi connectivity index (χ4v) is 3.82. The second-order valence-electron chi connectivity index (χ2n) is 6.06. The van der Waals surface area contributed by atoms with Crippen LogP contribution in [-0.2, 0) is 6.54 Å². The lowest BCUT2D eigenvalue weighted by Gasteiger charge is -2.09. The molecular weight excluding hydrogens is 316 g/mol. The van der Waals surface area contributed by atoms with Gasteiger partial charge in [-0.2, -0.15) is 0 Å². The number of nitrogens with two attached hydrogens (primary N) is 1. The third kappa shape index (κ3) is 3.73. The highest BCUT2D eigenvalue weighted by atomic mass is 32.2. The first-order valence-electron chi connectivity index (χ1n) is 8.42. The zero-order valence-electron chi connectivity index (χ0n) is 14.3. The molecule has 3 rings (SSSR count). The molecule has 4 nitrogen and oxygen atoms in total. The van der Waals surface area contributed by atoms with Gasteiger partial charge in [0.1, 0.15) is 5.52 Å². The Bertz CT molecular complexity index is 811. The number of aromatic nitrogens is 3. The number of imidazole rings is 1. The van der Waals surface area contributed by atoms with Crippen LogP contribution >= 0.6 is 11.8 Å². The molecule has 5 heteroatoms. The molecule has 0 bridgehead atoms. The molecule has 24 heavy (non-hydrogen) atoms. The van der Waals surface area contributed by atoms with Gasteiger partial charge in [-0.3, -0.25) is 0 Å². The van der Waals surface area contributed by atoms with Gasteiger partial charge in [-0.05, 0) is 50.1 Å². The number of pyridine rings is 1. The van der Waals surface area contributed by atoms with E-state index in [9.17, 15) is 0 Å². The summed E-state index contributed by atoms with van der Waals surface area (Å²) in [5.41, 5.74) is 10.1. The molecule has 2 aromatic heterocycles. The number of aryl methyl sites for hydroxylation is 3. The fraction of sp³-hybridized carbons (Fsp3) is 0.368. The van der Waals surface area contributed by atoms with Gasteiger partial charge in [-0.25, -0.2) is 9.97 Å². The van der Waals surface area contributed by atoms with Gasteiger partial charge >= 0.3 is 0 Å². The van der Waals surface area contributed by atoms with Gasteiger partial charge in [0.05, 0.1) is 11.8 Å². The first-order chi connectivity index (χ1) is 11.7. The molecule has 0 amide bonds. The molecule has 2 N–H and O–H groups in total. The van der Waals surface area contributed by atoms with E-state index in [0.717, 1.165) is 29.7 Å². The van der Waals surface area contributed by atoms with Crippen molar-refractivity contribution in [3.63, 3.8) is 0 Å². The van der Waals surface area contributed by atoms with Crippen molar-refractivity contribution in [3.8, 4) is 0 Å². The van der Waals surface area contributed by atoms with E-state index in [1.54, 1.807) is 0 Å². The summed E-state index contributed by atoms with van der Waals surface area (Å²) < 4.78 is 2.22. The van der Waals surface area contributed by atoms with Crippen LogP contribution in [0.15, 0.2) is 41.6 Å². The van der Waals surface area contributed by atoms with Crippen molar-refractivity contribution in [3.05, 3.63) is 47.9 Å².